The maximum atomic E-state index is 5.06. The zero-order chi connectivity index (χ0) is 18.9. The lowest BCUT2D eigenvalue weighted by Crippen LogP contribution is -2.26. The highest BCUT2D eigenvalue weighted by Crippen LogP contribution is 2.61. The van der Waals surface area contributed by atoms with Gasteiger partial charge in [-0.05, 0) is 48.4 Å². The molecule has 3 heteroatoms. The minimum atomic E-state index is -0.200. The monoisotopic (exact) mass is 356 g/mol. The lowest BCUT2D eigenvalue weighted by atomic mass is 9.84. The van der Waals surface area contributed by atoms with E-state index in [1.165, 1.54) is 5.69 Å². The van der Waals surface area contributed by atoms with Gasteiger partial charge in [0.15, 0.2) is 0 Å². The van der Waals surface area contributed by atoms with Crippen molar-refractivity contribution in [2.75, 3.05) is 0 Å². The molecule has 0 bridgehead atoms. The Kier molecular flexibility index (Phi) is 5.74. The van der Waals surface area contributed by atoms with Crippen molar-refractivity contribution in [2.24, 2.45) is 0 Å². The molecule has 136 valence electrons. The molecule has 0 saturated heterocycles. The average Bonchev–Trinajstić information content (AvgIpc) is 2.51. The Morgan fingerprint density at radius 2 is 1.36 bits per heavy atom. The number of pyridine rings is 2. The van der Waals surface area contributed by atoms with Crippen molar-refractivity contribution in [1.82, 2.24) is 9.97 Å². The Hall–Kier alpha value is -1.27. The molecule has 2 aromatic heterocycles. The van der Waals surface area contributed by atoms with Crippen molar-refractivity contribution in [3.05, 3.63) is 59.7 Å². The van der Waals surface area contributed by atoms with Gasteiger partial charge in [0.2, 0.25) is 0 Å². The summed E-state index contributed by atoms with van der Waals surface area (Å²) in [6.45, 7) is 18.6. The number of hydrogen-bond donors (Lipinski definition) is 0. The highest BCUT2D eigenvalue weighted by Gasteiger charge is 2.35. The molecule has 0 radical (unpaired) electrons. The quantitative estimate of drug-likeness (QED) is 0.594. The Bertz CT molecular complexity index is 680. The Morgan fingerprint density at radius 3 is 1.88 bits per heavy atom. The molecular formula is C22H33N2P. The topological polar surface area (TPSA) is 25.8 Å². The zero-order valence-corrected chi connectivity index (χ0v) is 18.0. The average molecular weight is 356 g/mol. The summed E-state index contributed by atoms with van der Waals surface area (Å²) in [6.07, 6.45) is 2.92. The van der Waals surface area contributed by atoms with E-state index in [2.05, 4.69) is 84.6 Å². The molecule has 0 spiro atoms. The van der Waals surface area contributed by atoms with Gasteiger partial charge in [-0.15, -0.1) is 0 Å². The summed E-state index contributed by atoms with van der Waals surface area (Å²) in [5.74, 6) is 0. The van der Waals surface area contributed by atoms with Crippen LogP contribution in [0.3, 0.4) is 0 Å². The number of nitrogens with zero attached hydrogens (tertiary/aromatic N) is 2. The van der Waals surface area contributed by atoms with E-state index < -0.39 is 0 Å². The third kappa shape index (κ3) is 4.88. The first-order valence-corrected chi connectivity index (χ1v) is 10.6. The molecule has 2 nitrogen and oxygen atoms in total. The van der Waals surface area contributed by atoms with Crippen LogP contribution in [-0.2, 0) is 11.6 Å². The first-order valence-electron chi connectivity index (χ1n) is 9.08. The fraction of sp³-hybridized carbons (Fsp3) is 0.545. The van der Waals surface area contributed by atoms with Crippen LogP contribution in [0.2, 0.25) is 0 Å². The van der Waals surface area contributed by atoms with Crippen LogP contribution in [0.25, 0.3) is 0 Å². The second-order valence-electron chi connectivity index (χ2n) is 9.28. The van der Waals surface area contributed by atoms with Crippen LogP contribution in [0.15, 0.2) is 42.6 Å². The first kappa shape index (κ1) is 20.0. The van der Waals surface area contributed by atoms with E-state index in [0.717, 1.165) is 17.5 Å². The van der Waals surface area contributed by atoms with Crippen LogP contribution in [0.1, 0.15) is 72.5 Å². The maximum Gasteiger partial charge on any atom is 0.0522 e. The molecule has 0 aliphatic carbocycles. The van der Waals surface area contributed by atoms with Crippen molar-refractivity contribution in [3.63, 3.8) is 0 Å². The van der Waals surface area contributed by atoms with Gasteiger partial charge in [-0.25, -0.2) is 0 Å². The zero-order valence-electron chi connectivity index (χ0n) is 17.1. The summed E-state index contributed by atoms with van der Waals surface area (Å²) in [4.78, 5) is 9.62. The fourth-order valence-corrected chi connectivity index (χ4v) is 6.88. The van der Waals surface area contributed by atoms with Gasteiger partial charge in [0, 0.05) is 23.5 Å². The highest BCUT2D eigenvalue weighted by molar-refractivity contribution is 7.60. The van der Waals surface area contributed by atoms with Crippen LogP contribution in [0.5, 0.6) is 0 Å². The van der Waals surface area contributed by atoms with Gasteiger partial charge in [0.05, 0.1) is 11.4 Å². The third-order valence-electron chi connectivity index (χ3n) is 4.69. The third-order valence-corrected chi connectivity index (χ3v) is 8.57. The molecule has 0 aliphatic rings. The summed E-state index contributed by atoms with van der Waals surface area (Å²) in [5, 5.41) is 0.615. The van der Waals surface area contributed by atoms with Crippen molar-refractivity contribution in [1.29, 1.82) is 0 Å². The Labute approximate surface area is 155 Å². The predicted octanol–water partition coefficient (Wildman–Crippen LogP) is 6.38. The van der Waals surface area contributed by atoms with E-state index in [-0.39, 0.29) is 13.3 Å². The van der Waals surface area contributed by atoms with E-state index in [1.807, 2.05) is 18.3 Å². The lowest BCUT2D eigenvalue weighted by Gasteiger charge is -2.41. The molecule has 0 saturated carbocycles. The van der Waals surface area contributed by atoms with Gasteiger partial charge in [-0.3, -0.25) is 9.97 Å². The van der Waals surface area contributed by atoms with Crippen LogP contribution in [0, 0.1) is 0 Å². The summed E-state index contributed by atoms with van der Waals surface area (Å²) in [5.41, 5.74) is 3.18. The van der Waals surface area contributed by atoms with Crippen molar-refractivity contribution >= 4 is 7.92 Å². The number of hydrogen-bond acceptors (Lipinski definition) is 2. The fourth-order valence-electron chi connectivity index (χ4n) is 3.42. The van der Waals surface area contributed by atoms with Crippen LogP contribution >= 0.6 is 7.92 Å². The largest absolute Gasteiger partial charge is 0.260 e. The van der Waals surface area contributed by atoms with E-state index >= 15 is 0 Å². The van der Waals surface area contributed by atoms with Crippen molar-refractivity contribution in [2.45, 2.75) is 77.3 Å². The van der Waals surface area contributed by atoms with Crippen LogP contribution in [-0.4, -0.2) is 20.3 Å². The molecule has 0 N–H and O–H groups in total. The van der Waals surface area contributed by atoms with Crippen molar-refractivity contribution < 1.29 is 0 Å². The number of aromatic nitrogens is 2. The molecular weight excluding hydrogens is 323 g/mol. The van der Waals surface area contributed by atoms with Gasteiger partial charge in [0.25, 0.3) is 0 Å². The maximum absolute atomic E-state index is 5.06. The van der Waals surface area contributed by atoms with Crippen molar-refractivity contribution in [3.8, 4) is 0 Å². The first-order chi connectivity index (χ1) is 11.4. The molecule has 0 aromatic carbocycles. The van der Waals surface area contributed by atoms with E-state index in [9.17, 15) is 0 Å². The van der Waals surface area contributed by atoms with E-state index in [1.54, 1.807) is 0 Å². The molecule has 2 aromatic rings. The molecule has 0 fully saturated rings. The van der Waals surface area contributed by atoms with Gasteiger partial charge in [0.1, 0.15) is 0 Å². The second kappa shape index (κ2) is 7.16. The minimum absolute atomic E-state index is 0.191. The normalized spacial score (nSPS) is 13.3. The van der Waals surface area contributed by atoms with Crippen LogP contribution < -0.4 is 0 Å². The Balaban J connectivity index is 2.36. The van der Waals surface area contributed by atoms with Gasteiger partial charge in [-0.1, -0.05) is 61.6 Å². The predicted molar refractivity (Wildman–Crippen MR) is 111 cm³/mol. The second-order valence-corrected chi connectivity index (χ2v) is 13.1. The molecule has 25 heavy (non-hydrogen) atoms. The van der Waals surface area contributed by atoms with E-state index in [0.29, 0.717) is 10.3 Å². The van der Waals surface area contributed by atoms with E-state index in [4.69, 9.17) is 4.98 Å². The lowest BCUT2D eigenvalue weighted by molar-refractivity contribution is 0.592. The number of rotatable bonds is 4. The highest BCUT2D eigenvalue weighted by atomic mass is 31.1. The van der Waals surface area contributed by atoms with Gasteiger partial charge >= 0.3 is 0 Å². The Morgan fingerprint density at radius 1 is 0.760 bits per heavy atom. The summed E-state index contributed by atoms with van der Waals surface area (Å²) < 4.78 is 0. The molecule has 0 aliphatic heterocycles. The summed E-state index contributed by atoms with van der Waals surface area (Å²) in [7, 11) is -0.200. The molecule has 2 heterocycles. The molecule has 0 amide bonds. The standard InChI is InChI=1S/C22H33N2P/c1-20(2,3)25(21(4,5)6)16-17-12-11-14-19(24-17)22(7,8)18-13-9-10-15-23-18/h9-15H,16H2,1-8H3. The summed E-state index contributed by atoms with van der Waals surface area (Å²) >= 11 is 0. The minimum Gasteiger partial charge on any atom is -0.260 e. The molecule has 2 rings (SSSR count). The van der Waals surface area contributed by atoms with Crippen LogP contribution in [0.4, 0.5) is 0 Å². The molecule has 0 atom stereocenters. The molecule has 0 unspecified atom stereocenters. The smallest absolute Gasteiger partial charge is 0.0522 e. The van der Waals surface area contributed by atoms with Gasteiger partial charge in [-0.2, -0.15) is 0 Å². The SMILES string of the molecule is CC(C)(c1ccccn1)c1cccc(CP(C(C)(C)C)C(C)(C)C)n1. The van der Waals surface area contributed by atoms with Gasteiger partial charge < -0.3 is 0 Å². The summed E-state index contributed by atoms with van der Waals surface area (Å²) in [6, 6.07) is 12.6.